The molecule has 180 valence electrons. The number of aryl methyl sites for hydroxylation is 1. The van der Waals surface area contributed by atoms with E-state index in [-0.39, 0.29) is 23.1 Å². The van der Waals surface area contributed by atoms with Crippen LogP contribution < -0.4 is 10.1 Å². The van der Waals surface area contributed by atoms with Crippen LogP contribution in [0.25, 0.3) is 10.9 Å². The zero-order valence-electron chi connectivity index (χ0n) is 18.7. The van der Waals surface area contributed by atoms with E-state index in [1.807, 2.05) is 0 Å². The van der Waals surface area contributed by atoms with E-state index in [4.69, 9.17) is 16.3 Å². The number of rotatable bonds is 6. The van der Waals surface area contributed by atoms with Gasteiger partial charge >= 0.3 is 6.18 Å². The number of hydrogen-bond donors (Lipinski definition) is 1. The lowest BCUT2D eigenvalue weighted by atomic mass is 10.0. The van der Waals surface area contributed by atoms with Gasteiger partial charge in [0, 0.05) is 34.2 Å². The summed E-state index contributed by atoms with van der Waals surface area (Å²) >= 11 is 5.91. The number of methoxy groups -OCH3 is 1. The number of ether oxygens (including phenoxy) is 1. The van der Waals surface area contributed by atoms with Crippen LogP contribution >= 0.6 is 11.6 Å². The Morgan fingerprint density at radius 2 is 1.74 bits per heavy atom. The number of anilines is 1. The molecule has 0 spiro atoms. The van der Waals surface area contributed by atoms with E-state index in [1.165, 1.54) is 31.4 Å². The average Bonchev–Trinajstić information content (AvgIpc) is 3.13. The van der Waals surface area contributed by atoms with Crippen LogP contribution in [0.4, 0.5) is 18.9 Å². The topological polar surface area (TPSA) is 60.3 Å². The van der Waals surface area contributed by atoms with Crippen LogP contribution in [-0.2, 0) is 17.5 Å². The minimum absolute atomic E-state index is 0.0529. The van der Waals surface area contributed by atoms with Gasteiger partial charge in [-0.15, -0.1) is 0 Å². The van der Waals surface area contributed by atoms with Crippen molar-refractivity contribution < 1.29 is 27.5 Å². The van der Waals surface area contributed by atoms with E-state index in [0.29, 0.717) is 21.9 Å². The molecule has 5 nitrogen and oxygen atoms in total. The van der Waals surface area contributed by atoms with Gasteiger partial charge in [0.1, 0.15) is 11.4 Å². The molecule has 0 aliphatic rings. The van der Waals surface area contributed by atoms with E-state index >= 15 is 0 Å². The number of nitrogens with one attached hydrogen (secondary N) is 1. The summed E-state index contributed by atoms with van der Waals surface area (Å²) in [5.74, 6) is -2.05. The molecule has 1 N–H and O–H groups in total. The molecule has 4 aromatic rings. The number of nitrogens with zero attached hydrogens (tertiary/aromatic N) is 1. The molecule has 0 atom stereocenters. The Morgan fingerprint density at radius 1 is 1.03 bits per heavy atom. The SMILES string of the molecule is COc1cccc(NC(=O)C(=O)c2c(C(F)(F)F)n(Cc3ccc(Cl)cc3)c3ccc(C)cc23)c1. The van der Waals surface area contributed by atoms with Crippen molar-refractivity contribution in [2.24, 2.45) is 0 Å². The number of fused-ring (bicyclic) bond motifs is 1. The summed E-state index contributed by atoms with van der Waals surface area (Å²) in [6.07, 6.45) is -4.90. The number of alkyl halides is 3. The lowest BCUT2D eigenvalue weighted by Gasteiger charge is -2.15. The molecule has 0 bridgehead atoms. The van der Waals surface area contributed by atoms with E-state index in [9.17, 15) is 22.8 Å². The number of hydrogen-bond acceptors (Lipinski definition) is 3. The summed E-state index contributed by atoms with van der Waals surface area (Å²) in [4.78, 5) is 26.1. The second kappa shape index (κ2) is 9.46. The molecule has 1 aromatic heterocycles. The molecule has 1 amide bonds. The summed E-state index contributed by atoms with van der Waals surface area (Å²) in [7, 11) is 1.43. The molecule has 0 saturated heterocycles. The van der Waals surface area contributed by atoms with Crippen LogP contribution in [0.3, 0.4) is 0 Å². The molecule has 0 saturated carbocycles. The van der Waals surface area contributed by atoms with Crippen molar-refractivity contribution in [3.8, 4) is 5.75 Å². The maximum absolute atomic E-state index is 14.4. The number of halogens is 4. The first-order valence-corrected chi connectivity index (χ1v) is 10.9. The minimum Gasteiger partial charge on any atom is -0.497 e. The third-order valence-electron chi connectivity index (χ3n) is 5.50. The molecule has 0 aliphatic heterocycles. The van der Waals surface area contributed by atoms with E-state index < -0.39 is 29.1 Å². The van der Waals surface area contributed by atoms with E-state index in [1.54, 1.807) is 49.4 Å². The molecule has 9 heteroatoms. The van der Waals surface area contributed by atoms with Gasteiger partial charge in [0.15, 0.2) is 0 Å². The Morgan fingerprint density at radius 3 is 2.40 bits per heavy atom. The van der Waals surface area contributed by atoms with Crippen LogP contribution in [0.5, 0.6) is 5.75 Å². The van der Waals surface area contributed by atoms with Gasteiger partial charge in [-0.1, -0.05) is 41.4 Å². The van der Waals surface area contributed by atoms with Crippen LogP contribution in [0.15, 0.2) is 66.7 Å². The van der Waals surface area contributed by atoms with Gasteiger partial charge in [0.2, 0.25) is 0 Å². The zero-order valence-corrected chi connectivity index (χ0v) is 19.5. The van der Waals surface area contributed by atoms with Crippen LogP contribution in [0.2, 0.25) is 5.02 Å². The minimum atomic E-state index is -4.90. The van der Waals surface area contributed by atoms with Crippen molar-refractivity contribution in [1.29, 1.82) is 0 Å². The Labute approximate surface area is 204 Å². The van der Waals surface area contributed by atoms with Gasteiger partial charge in [0.25, 0.3) is 11.7 Å². The van der Waals surface area contributed by atoms with Gasteiger partial charge in [0.05, 0.1) is 12.7 Å². The number of carbonyl (C=O) groups excluding carboxylic acids is 2. The first-order chi connectivity index (χ1) is 16.6. The summed E-state index contributed by atoms with van der Waals surface area (Å²) in [6, 6.07) is 17.2. The number of amides is 1. The average molecular weight is 501 g/mol. The van der Waals surface area contributed by atoms with Crippen molar-refractivity contribution in [2.45, 2.75) is 19.6 Å². The lowest BCUT2D eigenvalue weighted by molar-refractivity contribution is -0.143. The number of carbonyl (C=O) groups is 2. The Balaban J connectivity index is 1.85. The molecule has 0 fully saturated rings. The van der Waals surface area contributed by atoms with Gasteiger partial charge in [-0.2, -0.15) is 13.2 Å². The fourth-order valence-corrected chi connectivity index (χ4v) is 4.06. The highest BCUT2D eigenvalue weighted by Crippen LogP contribution is 2.39. The van der Waals surface area contributed by atoms with Crippen molar-refractivity contribution in [1.82, 2.24) is 4.57 Å². The second-order valence-corrected chi connectivity index (χ2v) is 8.41. The third-order valence-corrected chi connectivity index (χ3v) is 5.75. The number of aromatic nitrogens is 1. The molecular weight excluding hydrogens is 481 g/mol. The highest BCUT2D eigenvalue weighted by atomic mass is 35.5. The van der Waals surface area contributed by atoms with Crippen molar-refractivity contribution in [3.63, 3.8) is 0 Å². The third kappa shape index (κ3) is 5.02. The van der Waals surface area contributed by atoms with Gasteiger partial charge in [-0.25, -0.2) is 0 Å². The van der Waals surface area contributed by atoms with E-state index in [2.05, 4.69) is 5.32 Å². The van der Waals surface area contributed by atoms with Crippen molar-refractivity contribution in [3.05, 3.63) is 94.1 Å². The predicted molar refractivity (Wildman–Crippen MR) is 128 cm³/mol. The Kier molecular flexibility index (Phi) is 6.58. The van der Waals surface area contributed by atoms with Gasteiger partial charge in [-0.3, -0.25) is 9.59 Å². The van der Waals surface area contributed by atoms with Gasteiger partial charge in [-0.05, 0) is 48.9 Å². The highest BCUT2D eigenvalue weighted by Gasteiger charge is 2.42. The molecule has 1 heterocycles. The number of benzene rings is 3. The molecule has 0 radical (unpaired) electrons. The highest BCUT2D eigenvalue weighted by molar-refractivity contribution is 6.48. The quantitative estimate of drug-likeness (QED) is 0.243. The maximum atomic E-state index is 14.4. The second-order valence-electron chi connectivity index (χ2n) is 7.97. The monoisotopic (exact) mass is 500 g/mol. The fourth-order valence-electron chi connectivity index (χ4n) is 3.93. The van der Waals surface area contributed by atoms with Crippen molar-refractivity contribution >= 4 is 39.9 Å². The molecule has 4 rings (SSSR count). The Hall–Kier alpha value is -3.78. The normalized spacial score (nSPS) is 11.5. The largest absolute Gasteiger partial charge is 0.497 e. The van der Waals surface area contributed by atoms with Crippen LogP contribution in [0.1, 0.15) is 27.2 Å². The molecule has 3 aromatic carbocycles. The zero-order chi connectivity index (χ0) is 25.3. The summed E-state index contributed by atoms with van der Waals surface area (Å²) < 4.78 is 49.4. The molecule has 35 heavy (non-hydrogen) atoms. The van der Waals surface area contributed by atoms with Crippen LogP contribution in [-0.4, -0.2) is 23.4 Å². The standard InChI is InChI=1S/C26H20ClF3N2O3/c1-15-6-11-21-20(12-15)22(23(33)25(34)31-18-4-3-5-19(13-18)35-2)24(26(28,29)30)32(21)14-16-7-9-17(27)10-8-16/h3-13H,14H2,1-2H3,(H,31,34). The summed E-state index contributed by atoms with van der Waals surface area (Å²) in [5, 5.41) is 2.88. The summed E-state index contributed by atoms with van der Waals surface area (Å²) in [5.41, 5.74) is -0.258. The Bertz CT molecular complexity index is 1430. The first-order valence-electron chi connectivity index (χ1n) is 10.5. The number of ketones is 1. The molecular formula is C26H20ClF3N2O3. The van der Waals surface area contributed by atoms with Crippen LogP contribution in [0, 0.1) is 6.92 Å². The summed E-state index contributed by atoms with van der Waals surface area (Å²) in [6.45, 7) is 1.53. The molecule has 0 unspecified atom stereocenters. The van der Waals surface area contributed by atoms with Gasteiger partial charge < -0.3 is 14.6 Å². The smallest absolute Gasteiger partial charge is 0.432 e. The first kappa shape index (κ1) is 24.3. The molecule has 0 aliphatic carbocycles. The van der Waals surface area contributed by atoms with E-state index in [0.717, 1.165) is 4.57 Å². The predicted octanol–water partition coefficient (Wildman–Crippen LogP) is 6.50. The maximum Gasteiger partial charge on any atom is 0.432 e. The fraction of sp³-hybridized carbons (Fsp3) is 0.154. The lowest BCUT2D eigenvalue weighted by Crippen LogP contribution is -2.26. The van der Waals surface area contributed by atoms with Crippen molar-refractivity contribution in [2.75, 3.05) is 12.4 Å². The number of Topliss-reactive ketones (excluding diaryl/α,β-unsaturated/α-hetero) is 1.